The second-order valence-electron chi connectivity index (χ2n) is 4.82. The Kier molecular flexibility index (Phi) is 6.39. The highest BCUT2D eigenvalue weighted by Crippen LogP contribution is 2.18. The largest absolute Gasteiger partial charge is 0.299 e. The Labute approximate surface area is 125 Å². The van der Waals surface area contributed by atoms with E-state index in [1.54, 1.807) is 0 Å². The molecule has 20 heavy (non-hydrogen) atoms. The number of carbonyl (C=O) groups excluding carboxylic acids is 1. The molecule has 2 heteroatoms. The maximum Gasteiger partial charge on any atom is 0.137 e. The third kappa shape index (κ3) is 5.62. The van der Waals surface area contributed by atoms with E-state index in [1.807, 2.05) is 48.2 Å². The standard InChI is InChI=1S/C18H20OS/c19-17(15-16-9-3-1-4-10-16)11-7-8-14-20-18-12-5-2-6-13-18/h1-6,9-10,12-13H,7-8,11,14-15H2. The summed E-state index contributed by atoms with van der Waals surface area (Å²) >= 11 is 1.86. The number of ketones is 1. The first-order chi connectivity index (χ1) is 9.84. The van der Waals surface area contributed by atoms with Crippen LogP contribution in [0.3, 0.4) is 0 Å². The zero-order valence-corrected chi connectivity index (χ0v) is 12.4. The van der Waals surface area contributed by atoms with Crippen LogP contribution in [0.1, 0.15) is 24.8 Å². The Hall–Kier alpha value is -1.54. The third-order valence-electron chi connectivity index (χ3n) is 3.11. The quantitative estimate of drug-likeness (QED) is 0.513. The molecule has 0 heterocycles. The summed E-state index contributed by atoms with van der Waals surface area (Å²) in [5.74, 6) is 1.43. The van der Waals surface area contributed by atoms with Gasteiger partial charge in [0.25, 0.3) is 0 Å². The topological polar surface area (TPSA) is 17.1 Å². The van der Waals surface area contributed by atoms with E-state index in [0.29, 0.717) is 18.6 Å². The first kappa shape index (κ1) is 14.9. The van der Waals surface area contributed by atoms with Gasteiger partial charge in [-0.3, -0.25) is 4.79 Å². The number of benzene rings is 2. The van der Waals surface area contributed by atoms with Crippen LogP contribution in [0.25, 0.3) is 0 Å². The van der Waals surface area contributed by atoms with Crippen molar-refractivity contribution in [2.45, 2.75) is 30.6 Å². The maximum atomic E-state index is 11.8. The van der Waals surface area contributed by atoms with Crippen molar-refractivity contribution in [2.24, 2.45) is 0 Å². The number of hydrogen-bond donors (Lipinski definition) is 0. The second kappa shape index (κ2) is 8.60. The van der Waals surface area contributed by atoms with Gasteiger partial charge in [-0.1, -0.05) is 48.5 Å². The molecule has 1 nitrogen and oxygen atoms in total. The second-order valence-corrected chi connectivity index (χ2v) is 5.99. The number of hydrogen-bond acceptors (Lipinski definition) is 2. The highest BCUT2D eigenvalue weighted by atomic mass is 32.2. The van der Waals surface area contributed by atoms with Crippen molar-refractivity contribution in [2.75, 3.05) is 5.75 Å². The van der Waals surface area contributed by atoms with Gasteiger partial charge in [-0.15, -0.1) is 11.8 Å². The third-order valence-corrected chi connectivity index (χ3v) is 4.20. The van der Waals surface area contributed by atoms with Gasteiger partial charge in [-0.2, -0.15) is 0 Å². The number of thioether (sulfide) groups is 1. The van der Waals surface area contributed by atoms with E-state index in [0.717, 1.165) is 24.2 Å². The van der Waals surface area contributed by atoms with Gasteiger partial charge in [0, 0.05) is 17.7 Å². The molecule has 0 fully saturated rings. The predicted octanol–water partition coefficient (Wildman–Crippen LogP) is 4.76. The minimum absolute atomic E-state index is 0.348. The normalized spacial score (nSPS) is 10.4. The lowest BCUT2D eigenvalue weighted by Crippen LogP contribution is -2.02. The molecule has 0 saturated heterocycles. The lowest BCUT2D eigenvalue weighted by Gasteiger charge is -2.02. The highest BCUT2D eigenvalue weighted by Gasteiger charge is 2.03. The molecule has 0 aliphatic rings. The van der Waals surface area contributed by atoms with Crippen molar-refractivity contribution in [3.05, 3.63) is 66.2 Å². The maximum absolute atomic E-state index is 11.8. The fourth-order valence-electron chi connectivity index (χ4n) is 2.04. The van der Waals surface area contributed by atoms with Crippen LogP contribution < -0.4 is 0 Å². The molecule has 0 radical (unpaired) electrons. The average Bonchev–Trinajstić information content (AvgIpc) is 2.49. The molecular weight excluding hydrogens is 264 g/mol. The van der Waals surface area contributed by atoms with Crippen LogP contribution in [0.2, 0.25) is 0 Å². The van der Waals surface area contributed by atoms with Gasteiger partial charge >= 0.3 is 0 Å². The fraction of sp³-hybridized carbons (Fsp3) is 0.278. The van der Waals surface area contributed by atoms with Crippen LogP contribution in [0.5, 0.6) is 0 Å². The summed E-state index contributed by atoms with van der Waals surface area (Å²) in [5, 5.41) is 0. The Bertz CT molecular complexity index is 507. The van der Waals surface area contributed by atoms with E-state index in [2.05, 4.69) is 24.3 Å². The van der Waals surface area contributed by atoms with E-state index >= 15 is 0 Å². The highest BCUT2D eigenvalue weighted by molar-refractivity contribution is 7.99. The molecule has 0 spiro atoms. The number of unbranched alkanes of at least 4 members (excludes halogenated alkanes) is 1. The van der Waals surface area contributed by atoms with Crippen molar-refractivity contribution < 1.29 is 4.79 Å². The molecule has 0 aromatic heterocycles. The van der Waals surface area contributed by atoms with Crippen molar-refractivity contribution in [1.82, 2.24) is 0 Å². The van der Waals surface area contributed by atoms with Crippen LogP contribution in [0.15, 0.2) is 65.6 Å². The lowest BCUT2D eigenvalue weighted by molar-refractivity contribution is -0.118. The lowest BCUT2D eigenvalue weighted by atomic mass is 10.1. The van der Waals surface area contributed by atoms with Crippen molar-refractivity contribution in [1.29, 1.82) is 0 Å². The first-order valence-corrected chi connectivity index (χ1v) is 8.06. The van der Waals surface area contributed by atoms with Gasteiger partial charge in [0.1, 0.15) is 5.78 Å². The van der Waals surface area contributed by atoms with E-state index < -0.39 is 0 Å². The van der Waals surface area contributed by atoms with Gasteiger partial charge in [0.15, 0.2) is 0 Å². The van der Waals surface area contributed by atoms with E-state index in [4.69, 9.17) is 0 Å². The molecular formula is C18H20OS. The number of rotatable bonds is 8. The van der Waals surface area contributed by atoms with Crippen molar-refractivity contribution >= 4 is 17.5 Å². The summed E-state index contributed by atoms with van der Waals surface area (Å²) in [4.78, 5) is 13.1. The minimum Gasteiger partial charge on any atom is -0.299 e. The van der Waals surface area contributed by atoms with Crippen LogP contribution in [-0.4, -0.2) is 11.5 Å². The zero-order chi connectivity index (χ0) is 14.0. The van der Waals surface area contributed by atoms with Gasteiger partial charge in [0.2, 0.25) is 0 Å². The molecule has 0 saturated carbocycles. The van der Waals surface area contributed by atoms with Crippen molar-refractivity contribution in [3.8, 4) is 0 Å². The summed E-state index contributed by atoms with van der Waals surface area (Å²) in [5.41, 5.74) is 1.12. The van der Waals surface area contributed by atoms with Gasteiger partial charge in [-0.05, 0) is 36.3 Å². The summed E-state index contributed by atoms with van der Waals surface area (Å²) in [6, 6.07) is 20.4. The minimum atomic E-state index is 0.348. The van der Waals surface area contributed by atoms with Gasteiger partial charge in [-0.25, -0.2) is 0 Å². The van der Waals surface area contributed by atoms with Crippen LogP contribution in [-0.2, 0) is 11.2 Å². The summed E-state index contributed by atoms with van der Waals surface area (Å²) < 4.78 is 0. The molecule has 0 amide bonds. The molecule has 0 atom stereocenters. The number of Topliss-reactive ketones (excluding diaryl/α,β-unsaturated/α-hetero) is 1. The monoisotopic (exact) mass is 284 g/mol. The molecule has 0 unspecified atom stereocenters. The van der Waals surface area contributed by atoms with Crippen LogP contribution in [0.4, 0.5) is 0 Å². The van der Waals surface area contributed by atoms with Crippen molar-refractivity contribution in [3.63, 3.8) is 0 Å². The molecule has 0 N–H and O–H groups in total. The summed E-state index contributed by atoms with van der Waals surface area (Å²) in [6.07, 6.45) is 3.36. The SMILES string of the molecule is O=C(CCCCSc1ccccc1)Cc1ccccc1. The zero-order valence-electron chi connectivity index (χ0n) is 11.6. The Morgan fingerprint density at radius 1 is 0.850 bits per heavy atom. The summed E-state index contributed by atoms with van der Waals surface area (Å²) in [6.45, 7) is 0. The fourth-order valence-corrected chi connectivity index (χ4v) is 2.98. The molecule has 0 aliphatic carbocycles. The van der Waals surface area contributed by atoms with Crippen LogP contribution >= 0.6 is 11.8 Å². The van der Waals surface area contributed by atoms with E-state index in [9.17, 15) is 4.79 Å². The molecule has 104 valence electrons. The molecule has 2 aromatic rings. The first-order valence-electron chi connectivity index (χ1n) is 7.08. The Balaban J connectivity index is 1.58. The van der Waals surface area contributed by atoms with E-state index in [-0.39, 0.29) is 0 Å². The Morgan fingerprint density at radius 3 is 2.20 bits per heavy atom. The molecule has 0 bridgehead atoms. The average molecular weight is 284 g/mol. The summed E-state index contributed by atoms with van der Waals surface area (Å²) in [7, 11) is 0. The van der Waals surface area contributed by atoms with Crippen LogP contribution in [0, 0.1) is 0 Å². The molecule has 2 rings (SSSR count). The number of carbonyl (C=O) groups is 1. The van der Waals surface area contributed by atoms with Gasteiger partial charge in [0.05, 0.1) is 0 Å². The predicted molar refractivity (Wildman–Crippen MR) is 86.2 cm³/mol. The van der Waals surface area contributed by atoms with E-state index in [1.165, 1.54) is 4.90 Å². The Morgan fingerprint density at radius 2 is 1.50 bits per heavy atom. The molecule has 2 aromatic carbocycles. The van der Waals surface area contributed by atoms with Gasteiger partial charge < -0.3 is 0 Å². The smallest absolute Gasteiger partial charge is 0.137 e. The molecule has 0 aliphatic heterocycles.